The number of fused-ring (bicyclic) bond motifs is 1. The van der Waals surface area contributed by atoms with Crippen molar-refractivity contribution in [2.24, 2.45) is 7.05 Å². The summed E-state index contributed by atoms with van der Waals surface area (Å²) < 4.78 is 1.74. The van der Waals surface area contributed by atoms with E-state index < -0.39 is 0 Å². The van der Waals surface area contributed by atoms with Gasteiger partial charge in [-0.05, 0) is 6.92 Å². The molecule has 0 amide bonds. The van der Waals surface area contributed by atoms with Crippen molar-refractivity contribution in [2.75, 3.05) is 5.75 Å². The molecule has 0 saturated carbocycles. The van der Waals surface area contributed by atoms with Gasteiger partial charge in [-0.15, -0.1) is 5.92 Å². The molecule has 0 atom stereocenters. The molecule has 0 aliphatic rings. The lowest BCUT2D eigenvalue weighted by Gasteiger charge is -1.97. The quantitative estimate of drug-likeness (QED) is 0.435. The summed E-state index contributed by atoms with van der Waals surface area (Å²) in [5.41, 5.74) is 0.858. The molecule has 0 aromatic carbocycles. The predicted molar refractivity (Wildman–Crippen MR) is 60.5 cm³/mol. The fourth-order valence-corrected chi connectivity index (χ4v) is 2.01. The van der Waals surface area contributed by atoms with Crippen molar-refractivity contribution >= 4 is 22.8 Å². The van der Waals surface area contributed by atoms with Gasteiger partial charge in [-0.3, -0.25) is 4.68 Å². The van der Waals surface area contributed by atoms with Crippen LogP contribution in [0.5, 0.6) is 0 Å². The summed E-state index contributed by atoms with van der Waals surface area (Å²) in [6, 6.07) is 0. The van der Waals surface area contributed by atoms with E-state index in [-0.39, 0.29) is 0 Å². The molecule has 0 fully saturated rings. The Balaban J connectivity index is 2.37. The van der Waals surface area contributed by atoms with Crippen LogP contribution in [0.15, 0.2) is 17.6 Å². The van der Waals surface area contributed by atoms with Crippen LogP contribution in [0.4, 0.5) is 0 Å². The molecule has 5 heteroatoms. The van der Waals surface area contributed by atoms with Crippen molar-refractivity contribution in [2.45, 2.75) is 11.9 Å². The van der Waals surface area contributed by atoms with Crippen molar-refractivity contribution in [3.05, 3.63) is 12.5 Å². The molecule has 0 spiro atoms. The zero-order chi connectivity index (χ0) is 10.7. The van der Waals surface area contributed by atoms with Crippen molar-refractivity contribution in [1.29, 1.82) is 0 Å². The van der Waals surface area contributed by atoms with Gasteiger partial charge in [0.15, 0.2) is 5.65 Å². The Labute approximate surface area is 92.1 Å². The average molecular weight is 218 g/mol. The highest BCUT2D eigenvalue weighted by Gasteiger charge is 2.06. The normalized spacial score (nSPS) is 10.0. The van der Waals surface area contributed by atoms with E-state index in [4.69, 9.17) is 0 Å². The second kappa shape index (κ2) is 4.32. The minimum atomic E-state index is 0.748. The predicted octanol–water partition coefficient (Wildman–Crippen LogP) is 1.48. The number of aryl methyl sites for hydroxylation is 1. The maximum atomic E-state index is 4.22. The second-order valence-electron chi connectivity index (χ2n) is 2.90. The van der Waals surface area contributed by atoms with Gasteiger partial charge in [0.2, 0.25) is 0 Å². The van der Waals surface area contributed by atoms with Gasteiger partial charge < -0.3 is 0 Å². The zero-order valence-corrected chi connectivity index (χ0v) is 9.38. The number of nitrogens with zero attached hydrogens (tertiary/aromatic N) is 4. The van der Waals surface area contributed by atoms with E-state index in [0.717, 1.165) is 21.8 Å². The van der Waals surface area contributed by atoms with Crippen LogP contribution in [0.3, 0.4) is 0 Å². The number of thioether (sulfide) groups is 1. The van der Waals surface area contributed by atoms with Crippen molar-refractivity contribution in [3.63, 3.8) is 0 Å². The molecular weight excluding hydrogens is 208 g/mol. The van der Waals surface area contributed by atoms with E-state index in [1.54, 1.807) is 29.0 Å². The summed E-state index contributed by atoms with van der Waals surface area (Å²) in [4.78, 5) is 8.39. The second-order valence-corrected chi connectivity index (χ2v) is 3.86. The van der Waals surface area contributed by atoms with Gasteiger partial charge in [0, 0.05) is 7.05 Å². The van der Waals surface area contributed by atoms with Gasteiger partial charge in [0.25, 0.3) is 0 Å². The first kappa shape index (κ1) is 9.99. The van der Waals surface area contributed by atoms with Crippen LogP contribution in [0.1, 0.15) is 6.92 Å². The number of rotatable bonds is 2. The van der Waals surface area contributed by atoms with Crippen LogP contribution < -0.4 is 0 Å². The Morgan fingerprint density at radius 1 is 1.47 bits per heavy atom. The van der Waals surface area contributed by atoms with Crippen molar-refractivity contribution < 1.29 is 0 Å². The first-order chi connectivity index (χ1) is 7.33. The van der Waals surface area contributed by atoms with Gasteiger partial charge in [-0.25, -0.2) is 9.97 Å². The lowest BCUT2D eigenvalue weighted by atomic mass is 10.4. The lowest BCUT2D eigenvalue weighted by Crippen LogP contribution is -1.92. The first-order valence-electron chi connectivity index (χ1n) is 4.48. The summed E-state index contributed by atoms with van der Waals surface area (Å²) in [6.07, 6.45) is 3.35. The maximum Gasteiger partial charge on any atom is 0.162 e. The van der Waals surface area contributed by atoms with Crippen molar-refractivity contribution in [1.82, 2.24) is 19.7 Å². The molecule has 2 aromatic heterocycles. The largest absolute Gasteiger partial charge is 0.250 e. The SMILES string of the molecule is CC#CCSc1ncnc2c1cnn2C. The van der Waals surface area contributed by atoms with E-state index in [2.05, 4.69) is 26.9 Å². The van der Waals surface area contributed by atoms with Gasteiger partial charge >= 0.3 is 0 Å². The summed E-state index contributed by atoms with van der Waals surface area (Å²) in [6.45, 7) is 1.83. The Morgan fingerprint density at radius 2 is 2.33 bits per heavy atom. The van der Waals surface area contributed by atoms with E-state index in [9.17, 15) is 0 Å². The van der Waals surface area contributed by atoms with E-state index in [0.29, 0.717) is 0 Å². The molecule has 15 heavy (non-hydrogen) atoms. The molecule has 2 aromatic rings. The molecule has 4 nitrogen and oxygen atoms in total. The summed E-state index contributed by atoms with van der Waals surface area (Å²) in [7, 11) is 1.87. The third kappa shape index (κ3) is 1.95. The molecule has 0 radical (unpaired) electrons. The standard InChI is InChI=1S/C10H10N4S/c1-3-4-5-15-10-8-6-13-14(2)9(8)11-7-12-10/h6-7H,5H2,1-2H3. The monoisotopic (exact) mass is 218 g/mol. The lowest BCUT2D eigenvalue weighted by molar-refractivity contribution is 0.784. The average Bonchev–Trinajstić information content (AvgIpc) is 2.62. The van der Waals surface area contributed by atoms with Crippen LogP contribution in [0, 0.1) is 11.8 Å². The molecule has 0 bridgehead atoms. The molecule has 76 valence electrons. The Bertz CT molecular complexity index is 535. The molecular formula is C10H10N4S. The summed E-state index contributed by atoms with van der Waals surface area (Å²) in [5.74, 6) is 6.60. The van der Waals surface area contributed by atoms with Gasteiger partial charge in [-0.1, -0.05) is 17.7 Å². The first-order valence-corrected chi connectivity index (χ1v) is 5.46. The van der Waals surface area contributed by atoms with Crippen LogP contribution in [-0.4, -0.2) is 25.5 Å². The van der Waals surface area contributed by atoms with E-state index >= 15 is 0 Å². The fraction of sp³-hybridized carbons (Fsp3) is 0.300. The Kier molecular flexibility index (Phi) is 2.88. The molecule has 0 aliphatic heterocycles. The number of hydrogen-bond donors (Lipinski definition) is 0. The van der Waals surface area contributed by atoms with Crippen LogP contribution in [-0.2, 0) is 7.05 Å². The zero-order valence-electron chi connectivity index (χ0n) is 8.56. The number of hydrogen-bond acceptors (Lipinski definition) is 4. The molecule has 2 rings (SSSR count). The summed E-state index contributed by atoms with van der Waals surface area (Å²) >= 11 is 1.61. The maximum absolute atomic E-state index is 4.22. The Morgan fingerprint density at radius 3 is 3.13 bits per heavy atom. The van der Waals surface area contributed by atoms with Crippen molar-refractivity contribution in [3.8, 4) is 11.8 Å². The molecule has 0 unspecified atom stereocenters. The van der Waals surface area contributed by atoms with Gasteiger partial charge in [-0.2, -0.15) is 5.10 Å². The van der Waals surface area contributed by atoms with Crippen LogP contribution in [0.2, 0.25) is 0 Å². The minimum Gasteiger partial charge on any atom is -0.250 e. The highest BCUT2D eigenvalue weighted by molar-refractivity contribution is 7.99. The topological polar surface area (TPSA) is 43.6 Å². The molecule has 0 N–H and O–H groups in total. The molecule has 0 aliphatic carbocycles. The highest BCUT2D eigenvalue weighted by Crippen LogP contribution is 2.22. The van der Waals surface area contributed by atoms with Crippen LogP contribution >= 0.6 is 11.8 Å². The van der Waals surface area contributed by atoms with E-state index in [1.165, 1.54) is 0 Å². The third-order valence-corrected chi connectivity index (χ3v) is 2.84. The third-order valence-electron chi connectivity index (χ3n) is 1.95. The summed E-state index contributed by atoms with van der Waals surface area (Å²) in [5, 5.41) is 6.08. The minimum absolute atomic E-state index is 0.748. The highest BCUT2D eigenvalue weighted by atomic mass is 32.2. The fourth-order valence-electron chi connectivity index (χ4n) is 1.23. The number of aromatic nitrogens is 4. The Hall–Kier alpha value is -1.54. The molecule has 0 saturated heterocycles. The molecule has 2 heterocycles. The van der Waals surface area contributed by atoms with E-state index in [1.807, 2.05) is 14.0 Å². The van der Waals surface area contributed by atoms with Gasteiger partial charge in [0.1, 0.15) is 11.4 Å². The van der Waals surface area contributed by atoms with Crippen LogP contribution in [0.25, 0.3) is 11.0 Å². The van der Waals surface area contributed by atoms with Gasteiger partial charge in [0.05, 0.1) is 17.3 Å². The smallest absolute Gasteiger partial charge is 0.162 e.